The van der Waals surface area contributed by atoms with Crippen LogP contribution >= 0.6 is 11.6 Å². The Morgan fingerprint density at radius 1 is 1.38 bits per heavy atom. The van der Waals surface area contributed by atoms with E-state index >= 15 is 0 Å². The van der Waals surface area contributed by atoms with E-state index in [0.29, 0.717) is 10.8 Å². The number of aromatic nitrogens is 2. The molecule has 0 radical (unpaired) electrons. The Labute approximate surface area is 142 Å². The minimum atomic E-state index is -1.09. The summed E-state index contributed by atoms with van der Waals surface area (Å²) >= 11 is 5.82. The van der Waals surface area contributed by atoms with Crippen molar-refractivity contribution in [3.8, 4) is 11.4 Å². The predicted octanol–water partition coefficient (Wildman–Crippen LogP) is 0.973. The summed E-state index contributed by atoms with van der Waals surface area (Å²) in [5.74, 6) is -0.474. The van der Waals surface area contributed by atoms with Gasteiger partial charge in [0.2, 0.25) is 17.6 Å². The van der Waals surface area contributed by atoms with Crippen molar-refractivity contribution in [2.75, 3.05) is 13.7 Å². The van der Waals surface area contributed by atoms with Crippen molar-refractivity contribution in [3.05, 3.63) is 35.2 Å². The smallest absolute Gasteiger partial charge is 0.330 e. The van der Waals surface area contributed by atoms with Gasteiger partial charge in [-0.15, -0.1) is 0 Å². The molecule has 2 rings (SSSR count). The maximum absolute atomic E-state index is 11.8. The Balaban J connectivity index is 1.89. The highest BCUT2D eigenvalue weighted by atomic mass is 35.5. The first-order chi connectivity index (χ1) is 11.5. The highest BCUT2D eigenvalue weighted by molar-refractivity contribution is 6.30. The number of ether oxygens (including phenoxy) is 1. The van der Waals surface area contributed by atoms with Crippen LogP contribution in [0.25, 0.3) is 11.4 Å². The van der Waals surface area contributed by atoms with Crippen LogP contribution in [0, 0.1) is 0 Å². The Kier molecular flexibility index (Phi) is 6.28. The molecule has 0 unspecified atom stereocenters. The molecule has 1 aromatic carbocycles. The highest BCUT2D eigenvalue weighted by Gasteiger charge is 2.20. The summed E-state index contributed by atoms with van der Waals surface area (Å²) in [4.78, 5) is 27.3. The second kappa shape index (κ2) is 8.42. The van der Waals surface area contributed by atoms with E-state index in [1.807, 2.05) is 0 Å². The van der Waals surface area contributed by atoms with Gasteiger partial charge in [-0.3, -0.25) is 4.79 Å². The summed E-state index contributed by atoms with van der Waals surface area (Å²) in [6, 6.07) is 5.84. The molecule has 0 saturated carbocycles. The fourth-order valence-electron chi connectivity index (χ4n) is 1.88. The number of halogens is 1. The van der Waals surface area contributed by atoms with Crippen LogP contribution in [0.1, 0.15) is 12.3 Å². The van der Waals surface area contributed by atoms with Gasteiger partial charge in [0, 0.05) is 23.4 Å². The monoisotopic (exact) mass is 353 g/mol. The Morgan fingerprint density at radius 3 is 2.71 bits per heavy atom. The van der Waals surface area contributed by atoms with Gasteiger partial charge in [-0.25, -0.2) is 4.79 Å². The average molecular weight is 354 g/mol. The number of amides is 1. The average Bonchev–Trinajstić information content (AvgIpc) is 3.06. The van der Waals surface area contributed by atoms with E-state index in [1.54, 1.807) is 24.3 Å². The number of aliphatic hydroxyl groups is 1. The topological polar surface area (TPSA) is 115 Å². The van der Waals surface area contributed by atoms with E-state index in [2.05, 4.69) is 20.2 Å². The molecule has 0 saturated heterocycles. The number of carbonyl (C=O) groups excluding carboxylic acids is 2. The van der Waals surface area contributed by atoms with Crippen molar-refractivity contribution in [2.45, 2.75) is 18.9 Å². The first kappa shape index (κ1) is 17.9. The fraction of sp³-hybridized carbons (Fsp3) is 0.333. The number of hydrogen-bond acceptors (Lipinski definition) is 7. The molecule has 0 fully saturated rings. The molecule has 1 atom stereocenters. The van der Waals surface area contributed by atoms with Gasteiger partial charge in [0.25, 0.3) is 0 Å². The van der Waals surface area contributed by atoms with Gasteiger partial charge in [-0.2, -0.15) is 4.98 Å². The molecule has 2 aromatic rings. The van der Waals surface area contributed by atoms with Gasteiger partial charge >= 0.3 is 5.97 Å². The Morgan fingerprint density at radius 2 is 2.08 bits per heavy atom. The zero-order chi connectivity index (χ0) is 17.5. The molecule has 0 aliphatic carbocycles. The number of esters is 1. The van der Waals surface area contributed by atoms with Crippen LogP contribution in [-0.2, 0) is 20.7 Å². The number of aliphatic hydroxyl groups excluding tert-OH is 1. The molecule has 2 N–H and O–H groups in total. The van der Waals surface area contributed by atoms with Crippen molar-refractivity contribution in [1.29, 1.82) is 0 Å². The second-order valence-electron chi connectivity index (χ2n) is 4.84. The van der Waals surface area contributed by atoms with E-state index in [-0.39, 0.29) is 18.7 Å². The normalized spacial score (nSPS) is 11.8. The number of benzene rings is 1. The SMILES string of the molecule is COC(=O)[C@@H](CO)NC(=O)CCc1nc(-c2ccc(Cl)cc2)no1. The van der Waals surface area contributed by atoms with Crippen molar-refractivity contribution in [3.63, 3.8) is 0 Å². The molecule has 9 heteroatoms. The molecule has 8 nitrogen and oxygen atoms in total. The molecule has 1 heterocycles. The standard InChI is InChI=1S/C15H16ClN3O5/c1-23-15(22)11(8-20)17-12(21)6-7-13-18-14(19-24-13)9-2-4-10(16)5-3-9/h2-5,11,20H,6-8H2,1H3,(H,17,21)/t11-/m1/s1. The van der Waals surface area contributed by atoms with E-state index in [1.165, 1.54) is 7.11 Å². The quantitative estimate of drug-likeness (QED) is 0.713. The lowest BCUT2D eigenvalue weighted by molar-refractivity contribution is -0.146. The van der Waals surface area contributed by atoms with Crippen molar-refractivity contribution in [1.82, 2.24) is 15.5 Å². The predicted molar refractivity (Wildman–Crippen MR) is 84.1 cm³/mol. The molecule has 128 valence electrons. The number of methoxy groups -OCH3 is 1. The second-order valence-corrected chi connectivity index (χ2v) is 5.28. The molecule has 1 aromatic heterocycles. The summed E-state index contributed by atoms with van der Waals surface area (Å²) < 4.78 is 9.55. The number of hydrogen-bond donors (Lipinski definition) is 2. The van der Waals surface area contributed by atoms with Gasteiger partial charge in [-0.05, 0) is 24.3 Å². The van der Waals surface area contributed by atoms with Gasteiger partial charge in [-0.1, -0.05) is 16.8 Å². The third-order valence-electron chi connectivity index (χ3n) is 3.14. The van der Waals surface area contributed by atoms with Crippen LogP contribution in [0.2, 0.25) is 5.02 Å². The van der Waals surface area contributed by atoms with Gasteiger partial charge in [0.05, 0.1) is 13.7 Å². The maximum Gasteiger partial charge on any atom is 0.330 e. The number of carbonyl (C=O) groups is 2. The van der Waals surface area contributed by atoms with Crippen molar-refractivity contribution in [2.24, 2.45) is 0 Å². The number of rotatable bonds is 7. The van der Waals surface area contributed by atoms with Crippen LogP contribution in [0.15, 0.2) is 28.8 Å². The Bertz CT molecular complexity index is 701. The van der Waals surface area contributed by atoms with Crippen LogP contribution in [0.5, 0.6) is 0 Å². The summed E-state index contributed by atoms with van der Waals surface area (Å²) in [7, 11) is 1.17. The summed E-state index contributed by atoms with van der Waals surface area (Å²) in [5.41, 5.74) is 0.741. The molecular weight excluding hydrogens is 338 g/mol. The minimum Gasteiger partial charge on any atom is -0.467 e. The van der Waals surface area contributed by atoms with Crippen LogP contribution in [0.3, 0.4) is 0 Å². The van der Waals surface area contributed by atoms with E-state index in [9.17, 15) is 9.59 Å². The van der Waals surface area contributed by atoms with Crippen LogP contribution < -0.4 is 5.32 Å². The van der Waals surface area contributed by atoms with Crippen molar-refractivity contribution >= 4 is 23.5 Å². The number of nitrogens with zero attached hydrogens (tertiary/aromatic N) is 2. The fourth-order valence-corrected chi connectivity index (χ4v) is 2.01. The lowest BCUT2D eigenvalue weighted by Gasteiger charge is -2.13. The zero-order valence-electron chi connectivity index (χ0n) is 12.9. The maximum atomic E-state index is 11.8. The highest BCUT2D eigenvalue weighted by Crippen LogP contribution is 2.18. The van der Waals surface area contributed by atoms with Gasteiger partial charge in [0.1, 0.15) is 0 Å². The molecule has 0 aliphatic rings. The molecule has 0 aliphatic heterocycles. The lowest BCUT2D eigenvalue weighted by Crippen LogP contribution is -2.44. The van der Waals surface area contributed by atoms with E-state index < -0.39 is 24.5 Å². The van der Waals surface area contributed by atoms with Gasteiger partial charge in [0.15, 0.2) is 6.04 Å². The number of aryl methyl sites for hydroxylation is 1. The van der Waals surface area contributed by atoms with Crippen LogP contribution in [-0.4, -0.2) is 46.9 Å². The van der Waals surface area contributed by atoms with Crippen molar-refractivity contribution < 1.29 is 24.0 Å². The van der Waals surface area contributed by atoms with E-state index in [4.69, 9.17) is 21.2 Å². The zero-order valence-corrected chi connectivity index (χ0v) is 13.6. The third-order valence-corrected chi connectivity index (χ3v) is 3.39. The molecular formula is C15H16ClN3O5. The lowest BCUT2D eigenvalue weighted by atomic mass is 10.2. The molecule has 1 amide bonds. The molecule has 0 spiro atoms. The first-order valence-electron chi connectivity index (χ1n) is 7.10. The largest absolute Gasteiger partial charge is 0.467 e. The first-order valence-corrected chi connectivity index (χ1v) is 7.48. The summed E-state index contributed by atoms with van der Waals surface area (Å²) in [6.07, 6.45) is 0.224. The van der Waals surface area contributed by atoms with E-state index in [0.717, 1.165) is 5.56 Å². The summed E-state index contributed by atoms with van der Waals surface area (Å²) in [5, 5.41) is 15.8. The molecule has 24 heavy (non-hydrogen) atoms. The molecule has 0 bridgehead atoms. The third kappa shape index (κ3) is 4.77. The minimum absolute atomic E-state index is 0.0236. The van der Waals surface area contributed by atoms with Crippen LogP contribution in [0.4, 0.5) is 0 Å². The Hall–Kier alpha value is -2.45. The van der Waals surface area contributed by atoms with Gasteiger partial charge < -0.3 is 19.7 Å². The number of nitrogens with one attached hydrogen (secondary N) is 1. The summed E-state index contributed by atoms with van der Waals surface area (Å²) in [6.45, 7) is -0.542.